The van der Waals surface area contributed by atoms with Gasteiger partial charge in [-0.15, -0.1) is 0 Å². The molecule has 5 nitrogen and oxygen atoms in total. The molecule has 2 aromatic carbocycles. The fourth-order valence-corrected chi connectivity index (χ4v) is 1.98. The number of rotatable bonds is 4. The molecular weight excluding hydrogens is 297 g/mol. The molecule has 0 aliphatic rings. The molecule has 0 saturated carbocycles. The number of nitrogens with one attached hydrogen (secondary N) is 1. The third kappa shape index (κ3) is 3.74. The smallest absolute Gasteiger partial charge is 0.256 e. The lowest BCUT2D eigenvalue weighted by Gasteiger charge is -2.07. The van der Waals surface area contributed by atoms with Crippen LogP contribution in [-0.2, 0) is 7.05 Å². The molecule has 3 rings (SSSR count). The van der Waals surface area contributed by atoms with Crippen LogP contribution in [0.3, 0.4) is 0 Å². The van der Waals surface area contributed by atoms with Crippen molar-refractivity contribution < 1.29 is 13.9 Å². The largest absolute Gasteiger partial charge is 0.457 e. The van der Waals surface area contributed by atoms with Crippen molar-refractivity contribution in [3.63, 3.8) is 0 Å². The van der Waals surface area contributed by atoms with Crippen molar-refractivity contribution in [2.24, 2.45) is 7.05 Å². The molecule has 0 aliphatic carbocycles. The predicted molar refractivity (Wildman–Crippen MR) is 84.1 cm³/mol. The molecule has 6 heteroatoms. The Morgan fingerprint density at radius 1 is 1.04 bits per heavy atom. The maximum Gasteiger partial charge on any atom is 0.256 e. The highest BCUT2D eigenvalue weighted by atomic mass is 19.1. The predicted octanol–water partition coefficient (Wildman–Crippen LogP) is 3.60. The summed E-state index contributed by atoms with van der Waals surface area (Å²) in [4.78, 5) is 12.1. The zero-order chi connectivity index (χ0) is 16.2. The number of halogens is 1. The van der Waals surface area contributed by atoms with Gasteiger partial charge in [-0.1, -0.05) is 0 Å². The number of carbonyl (C=O) groups excluding carboxylic acids is 1. The third-order valence-electron chi connectivity index (χ3n) is 3.12. The molecule has 0 fully saturated rings. The summed E-state index contributed by atoms with van der Waals surface area (Å²) in [7, 11) is 1.78. The van der Waals surface area contributed by atoms with Gasteiger partial charge in [-0.3, -0.25) is 9.48 Å². The normalized spacial score (nSPS) is 10.3. The molecule has 1 heterocycles. The number of aromatic nitrogens is 2. The number of carbonyl (C=O) groups is 1. The van der Waals surface area contributed by atoms with Crippen LogP contribution < -0.4 is 10.1 Å². The molecule has 1 amide bonds. The Bertz CT molecular complexity index is 811. The van der Waals surface area contributed by atoms with E-state index in [1.807, 2.05) is 0 Å². The van der Waals surface area contributed by atoms with Crippen LogP contribution in [0.15, 0.2) is 60.8 Å². The highest BCUT2D eigenvalue weighted by molar-refractivity contribution is 6.03. The first-order valence-corrected chi connectivity index (χ1v) is 6.95. The van der Waals surface area contributed by atoms with Gasteiger partial charge in [0.1, 0.15) is 17.3 Å². The molecule has 0 atom stereocenters. The van der Waals surface area contributed by atoms with E-state index < -0.39 is 0 Å². The minimum absolute atomic E-state index is 0.253. The number of aryl methyl sites for hydroxylation is 1. The first kappa shape index (κ1) is 14.8. The number of hydrogen-bond donors (Lipinski definition) is 1. The Labute approximate surface area is 132 Å². The topological polar surface area (TPSA) is 56.2 Å². The lowest BCUT2D eigenvalue weighted by atomic mass is 10.2. The van der Waals surface area contributed by atoms with Gasteiger partial charge in [-0.05, 0) is 48.5 Å². The maximum atomic E-state index is 12.8. The van der Waals surface area contributed by atoms with Crippen molar-refractivity contribution >= 4 is 11.7 Å². The van der Waals surface area contributed by atoms with Gasteiger partial charge in [0.25, 0.3) is 5.91 Å². The Kier molecular flexibility index (Phi) is 4.05. The van der Waals surface area contributed by atoms with Crippen molar-refractivity contribution in [2.75, 3.05) is 5.32 Å². The van der Waals surface area contributed by atoms with Crippen LogP contribution in [-0.4, -0.2) is 15.7 Å². The Morgan fingerprint density at radius 3 is 2.22 bits per heavy atom. The van der Waals surface area contributed by atoms with E-state index >= 15 is 0 Å². The molecule has 23 heavy (non-hydrogen) atoms. The number of nitrogens with zero attached hydrogens (tertiary/aromatic N) is 2. The van der Waals surface area contributed by atoms with E-state index in [0.29, 0.717) is 22.9 Å². The van der Waals surface area contributed by atoms with Gasteiger partial charge in [0.05, 0.1) is 0 Å². The number of benzene rings is 2. The Morgan fingerprint density at radius 2 is 1.65 bits per heavy atom. The Balaban J connectivity index is 1.66. The monoisotopic (exact) mass is 311 g/mol. The van der Waals surface area contributed by atoms with E-state index in [4.69, 9.17) is 4.74 Å². The molecule has 0 radical (unpaired) electrons. The van der Waals surface area contributed by atoms with Crippen LogP contribution in [0.1, 0.15) is 10.4 Å². The fraction of sp³-hybridized carbons (Fsp3) is 0.0588. The van der Waals surface area contributed by atoms with Crippen LogP contribution in [0.5, 0.6) is 11.5 Å². The second kappa shape index (κ2) is 6.31. The van der Waals surface area contributed by atoms with Crippen LogP contribution in [0.4, 0.5) is 10.2 Å². The summed E-state index contributed by atoms with van der Waals surface area (Å²) in [6.07, 6.45) is 1.75. The number of amides is 1. The molecule has 3 aromatic rings. The van der Waals surface area contributed by atoms with Crippen molar-refractivity contribution in [1.29, 1.82) is 0 Å². The average molecular weight is 311 g/mol. The molecule has 0 unspecified atom stereocenters. The summed E-state index contributed by atoms with van der Waals surface area (Å²) in [5.74, 6) is 1.00. The van der Waals surface area contributed by atoms with Crippen LogP contribution >= 0.6 is 0 Å². The Hall–Kier alpha value is -3.15. The third-order valence-corrected chi connectivity index (χ3v) is 3.12. The lowest BCUT2D eigenvalue weighted by Crippen LogP contribution is -2.12. The molecule has 0 saturated heterocycles. The minimum Gasteiger partial charge on any atom is -0.457 e. The lowest BCUT2D eigenvalue weighted by molar-refractivity contribution is 0.102. The summed E-state index contributed by atoms with van der Waals surface area (Å²) in [6, 6.07) is 14.1. The number of ether oxygens (including phenoxy) is 1. The first-order valence-electron chi connectivity index (χ1n) is 6.95. The number of anilines is 1. The SMILES string of the molecule is Cn1ccc(NC(=O)c2ccc(Oc3ccc(F)cc3)cc2)n1. The molecule has 116 valence electrons. The zero-order valence-corrected chi connectivity index (χ0v) is 12.4. The highest BCUT2D eigenvalue weighted by Crippen LogP contribution is 2.22. The van der Waals surface area contributed by atoms with Gasteiger partial charge < -0.3 is 10.1 Å². The van der Waals surface area contributed by atoms with Crippen molar-refractivity contribution in [3.8, 4) is 11.5 Å². The van der Waals surface area contributed by atoms with Crippen molar-refractivity contribution in [2.45, 2.75) is 0 Å². The molecule has 0 bridgehead atoms. The van der Waals surface area contributed by atoms with Crippen LogP contribution in [0, 0.1) is 5.82 Å². The van der Waals surface area contributed by atoms with Gasteiger partial charge in [0.2, 0.25) is 0 Å². The maximum absolute atomic E-state index is 12.8. The minimum atomic E-state index is -0.320. The fourth-order valence-electron chi connectivity index (χ4n) is 1.98. The molecule has 0 spiro atoms. The van der Waals surface area contributed by atoms with E-state index in [1.54, 1.807) is 48.3 Å². The average Bonchev–Trinajstić information content (AvgIpc) is 2.95. The quantitative estimate of drug-likeness (QED) is 0.801. The summed E-state index contributed by atoms with van der Waals surface area (Å²) >= 11 is 0. The van der Waals surface area contributed by atoms with E-state index in [2.05, 4.69) is 10.4 Å². The molecule has 0 aliphatic heterocycles. The van der Waals surface area contributed by atoms with Gasteiger partial charge in [-0.25, -0.2) is 4.39 Å². The summed E-state index contributed by atoms with van der Waals surface area (Å²) < 4.78 is 20.0. The van der Waals surface area contributed by atoms with Crippen LogP contribution in [0.2, 0.25) is 0 Å². The van der Waals surface area contributed by atoms with E-state index in [0.717, 1.165) is 0 Å². The number of hydrogen-bond acceptors (Lipinski definition) is 3. The standard InChI is InChI=1S/C17H14FN3O2/c1-21-11-10-16(20-21)19-17(22)12-2-6-14(7-3-12)23-15-8-4-13(18)5-9-15/h2-11H,1H3,(H,19,20,22). The summed E-state index contributed by atoms with van der Waals surface area (Å²) in [6.45, 7) is 0. The van der Waals surface area contributed by atoms with Crippen molar-refractivity contribution in [1.82, 2.24) is 9.78 Å². The van der Waals surface area contributed by atoms with Gasteiger partial charge in [-0.2, -0.15) is 5.10 Å². The van der Waals surface area contributed by atoms with Gasteiger partial charge >= 0.3 is 0 Å². The van der Waals surface area contributed by atoms with E-state index in [9.17, 15) is 9.18 Å². The highest BCUT2D eigenvalue weighted by Gasteiger charge is 2.08. The van der Waals surface area contributed by atoms with E-state index in [1.165, 1.54) is 24.3 Å². The van der Waals surface area contributed by atoms with E-state index in [-0.39, 0.29) is 11.7 Å². The van der Waals surface area contributed by atoms with Crippen LogP contribution in [0.25, 0.3) is 0 Å². The van der Waals surface area contributed by atoms with Gasteiger partial charge in [0, 0.05) is 24.9 Å². The molecule has 1 N–H and O–H groups in total. The first-order chi connectivity index (χ1) is 11.1. The molecular formula is C17H14FN3O2. The second-order valence-corrected chi connectivity index (χ2v) is 4.91. The van der Waals surface area contributed by atoms with Crippen molar-refractivity contribution in [3.05, 3.63) is 72.2 Å². The molecule has 1 aromatic heterocycles. The second-order valence-electron chi connectivity index (χ2n) is 4.91. The summed E-state index contributed by atoms with van der Waals surface area (Å²) in [5.41, 5.74) is 0.488. The summed E-state index contributed by atoms with van der Waals surface area (Å²) in [5, 5.41) is 6.79. The zero-order valence-electron chi connectivity index (χ0n) is 12.4. The van der Waals surface area contributed by atoms with Gasteiger partial charge in [0.15, 0.2) is 5.82 Å².